The van der Waals surface area contributed by atoms with Crippen LogP contribution < -0.4 is 10.6 Å². The first-order valence-corrected chi connectivity index (χ1v) is 8.39. The van der Waals surface area contributed by atoms with Crippen LogP contribution in [0.2, 0.25) is 0 Å². The first-order chi connectivity index (χ1) is 10.6. The summed E-state index contributed by atoms with van der Waals surface area (Å²) in [6.07, 6.45) is 2.46. The van der Waals surface area contributed by atoms with E-state index < -0.39 is 0 Å². The summed E-state index contributed by atoms with van der Waals surface area (Å²) < 4.78 is 0.934. The molecule has 128 valence electrons. The van der Waals surface area contributed by atoms with Crippen LogP contribution in [-0.4, -0.2) is 49.4 Å². The Hall–Kier alpha value is -1.11. The summed E-state index contributed by atoms with van der Waals surface area (Å²) in [5.41, 5.74) is 0.602. The quantitative estimate of drug-likeness (QED) is 0.764. The van der Waals surface area contributed by atoms with Crippen molar-refractivity contribution in [1.29, 1.82) is 0 Å². The van der Waals surface area contributed by atoms with Gasteiger partial charge in [0, 0.05) is 42.1 Å². The summed E-state index contributed by atoms with van der Waals surface area (Å²) >= 11 is 3.34. The highest BCUT2D eigenvalue weighted by atomic mass is 79.9. The van der Waals surface area contributed by atoms with Gasteiger partial charge in [-0.3, -0.25) is 9.59 Å². The van der Waals surface area contributed by atoms with Gasteiger partial charge in [0.15, 0.2) is 0 Å². The molecule has 1 aliphatic heterocycles. The van der Waals surface area contributed by atoms with Crippen LogP contribution in [0.1, 0.15) is 29.6 Å². The van der Waals surface area contributed by atoms with Crippen molar-refractivity contribution in [2.45, 2.75) is 25.3 Å². The van der Waals surface area contributed by atoms with Crippen molar-refractivity contribution >= 4 is 40.2 Å². The van der Waals surface area contributed by atoms with Crippen molar-refractivity contribution in [1.82, 2.24) is 15.5 Å². The van der Waals surface area contributed by atoms with E-state index in [2.05, 4.69) is 26.6 Å². The Balaban J connectivity index is 0.00000264. The number of carbonyl (C=O) groups is 2. The van der Waals surface area contributed by atoms with Crippen LogP contribution in [0.15, 0.2) is 28.7 Å². The van der Waals surface area contributed by atoms with Gasteiger partial charge in [-0.15, -0.1) is 12.4 Å². The normalized spacial score (nSPS) is 16.8. The second kappa shape index (κ2) is 9.90. The van der Waals surface area contributed by atoms with Gasteiger partial charge in [-0.05, 0) is 44.2 Å². The van der Waals surface area contributed by atoms with Gasteiger partial charge in [-0.2, -0.15) is 0 Å². The van der Waals surface area contributed by atoms with Crippen molar-refractivity contribution < 1.29 is 9.59 Å². The Bertz CT molecular complexity index is 525. The van der Waals surface area contributed by atoms with Gasteiger partial charge in [-0.25, -0.2) is 0 Å². The summed E-state index contributed by atoms with van der Waals surface area (Å²) in [5.74, 6) is -0.0256. The van der Waals surface area contributed by atoms with E-state index in [1.54, 1.807) is 12.1 Å². The van der Waals surface area contributed by atoms with Crippen LogP contribution in [0.3, 0.4) is 0 Å². The lowest BCUT2D eigenvalue weighted by Crippen LogP contribution is -2.42. The Morgan fingerprint density at radius 1 is 1.30 bits per heavy atom. The molecule has 1 aliphatic rings. The maximum absolute atomic E-state index is 12.2. The third kappa shape index (κ3) is 5.79. The van der Waals surface area contributed by atoms with E-state index in [0.717, 1.165) is 30.4 Å². The first-order valence-electron chi connectivity index (χ1n) is 7.59. The molecule has 1 saturated heterocycles. The van der Waals surface area contributed by atoms with Gasteiger partial charge >= 0.3 is 0 Å². The number of halogens is 2. The minimum atomic E-state index is -0.145. The molecule has 0 saturated carbocycles. The number of likely N-dealkylation sites (N-methyl/N-ethyl adjacent to an activating group) is 1. The topological polar surface area (TPSA) is 61.4 Å². The smallest absolute Gasteiger partial charge is 0.251 e. The molecule has 23 heavy (non-hydrogen) atoms. The van der Waals surface area contributed by atoms with Crippen molar-refractivity contribution in [3.05, 3.63) is 34.3 Å². The van der Waals surface area contributed by atoms with E-state index in [-0.39, 0.29) is 24.2 Å². The summed E-state index contributed by atoms with van der Waals surface area (Å²) in [5, 5.41) is 5.93. The number of carbonyl (C=O) groups excluding carboxylic acids is 2. The van der Waals surface area contributed by atoms with Gasteiger partial charge in [0.1, 0.15) is 0 Å². The van der Waals surface area contributed by atoms with Gasteiger partial charge in [0.2, 0.25) is 5.91 Å². The lowest BCUT2D eigenvalue weighted by molar-refractivity contribution is -0.131. The predicted octanol–water partition coefficient (Wildman–Crippen LogP) is 2.20. The average molecular weight is 405 g/mol. The number of benzene rings is 1. The zero-order valence-electron chi connectivity index (χ0n) is 13.2. The number of amides is 2. The highest BCUT2D eigenvalue weighted by Gasteiger charge is 2.27. The monoisotopic (exact) mass is 403 g/mol. The Labute approximate surface area is 151 Å². The SMILES string of the molecule is CNCC1CCCN1C(=O)CCNC(=O)c1ccc(Br)cc1.Cl. The molecule has 1 unspecified atom stereocenters. The molecule has 0 spiro atoms. The van der Waals surface area contributed by atoms with Crippen LogP contribution in [0.5, 0.6) is 0 Å². The van der Waals surface area contributed by atoms with Crippen LogP contribution >= 0.6 is 28.3 Å². The number of likely N-dealkylation sites (tertiary alicyclic amines) is 1. The fourth-order valence-corrected chi connectivity index (χ4v) is 3.01. The van der Waals surface area contributed by atoms with E-state index in [0.29, 0.717) is 24.6 Å². The van der Waals surface area contributed by atoms with E-state index in [4.69, 9.17) is 0 Å². The molecular weight excluding hydrogens is 382 g/mol. The molecule has 0 radical (unpaired) electrons. The fraction of sp³-hybridized carbons (Fsp3) is 0.500. The summed E-state index contributed by atoms with van der Waals surface area (Å²) in [6.45, 7) is 2.03. The van der Waals surface area contributed by atoms with E-state index in [1.165, 1.54) is 0 Å². The lowest BCUT2D eigenvalue weighted by atomic mass is 10.2. The minimum Gasteiger partial charge on any atom is -0.352 e. The predicted molar refractivity (Wildman–Crippen MR) is 97.0 cm³/mol. The largest absolute Gasteiger partial charge is 0.352 e. The maximum Gasteiger partial charge on any atom is 0.251 e. The lowest BCUT2D eigenvalue weighted by Gasteiger charge is -2.24. The minimum absolute atomic E-state index is 0. The number of rotatable bonds is 6. The van der Waals surface area contributed by atoms with Crippen molar-refractivity contribution in [2.75, 3.05) is 26.7 Å². The average Bonchev–Trinajstić information content (AvgIpc) is 2.96. The maximum atomic E-state index is 12.2. The van der Waals surface area contributed by atoms with Crippen LogP contribution in [0.25, 0.3) is 0 Å². The molecule has 5 nitrogen and oxygen atoms in total. The van der Waals surface area contributed by atoms with Gasteiger partial charge in [0.05, 0.1) is 0 Å². The third-order valence-corrected chi connectivity index (χ3v) is 4.40. The van der Waals surface area contributed by atoms with Gasteiger partial charge in [-0.1, -0.05) is 15.9 Å². The van der Waals surface area contributed by atoms with Crippen molar-refractivity contribution in [3.63, 3.8) is 0 Å². The Kier molecular flexibility index (Phi) is 8.58. The molecule has 0 bridgehead atoms. The third-order valence-electron chi connectivity index (χ3n) is 3.87. The van der Waals surface area contributed by atoms with Crippen LogP contribution in [0.4, 0.5) is 0 Å². The van der Waals surface area contributed by atoms with E-state index in [1.807, 2.05) is 24.1 Å². The van der Waals surface area contributed by atoms with Crippen LogP contribution in [0, 0.1) is 0 Å². The standard InChI is InChI=1S/C16H22BrN3O2.ClH/c1-18-11-14-3-2-10-20(14)15(21)8-9-19-16(22)12-4-6-13(17)7-5-12;/h4-7,14,18H,2-3,8-11H2,1H3,(H,19,22);1H. The highest BCUT2D eigenvalue weighted by Crippen LogP contribution is 2.17. The van der Waals surface area contributed by atoms with Crippen LogP contribution in [-0.2, 0) is 4.79 Å². The fourth-order valence-electron chi connectivity index (χ4n) is 2.74. The molecule has 1 fully saturated rings. The van der Waals surface area contributed by atoms with E-state index in [9.17, 15) is 9.59 Å². The molecule has 1 atom stereocenters. The molecule has 1 heterocycles. The number of nitrogens with one attached hydrogen (secondary N) is 2. The van der Waals surface area contributed by atoms with E-state index >= 15 is 0 Å². The number of hydrogen-bond acceptors (Lipinski definition) is 3. The molecule has 2 amide bonds. The summed E-state index contributed by atoms with van der Waals surface area (Å²) in [7, 11) is 1.90. The first kappa shape index (κ1) is 19.9. The zero-order valence-corrected chi connectivity index (χ0v) is 15.6. The molecule has 0 aromatic heterocycles. The summed E-state index contributed by atoms with van der Waals surface area (Å²) in [6, 6.07) is 7.45. The summed E-state index contributed by atoms with van der Waals surface area (Å²) in [4.78, 5) is 26.1. The molecule has 1 aromatic rings. The number of hydrogen-bond donors (Lipinski definition) is 2. The van der Waals surface area contributed by atoms with Gasteiger partial charge < -0.3 is 15.5 Å². The van der Waals surface area contributed by atoms with Crippen molar-refractivity contribution in [3.8, 4) is 0 Å². The molecule has 2 rings (SSSR count). The van der Waals surface area contributed by atoms with Gasteiger partial charge in [0.25, 0.3) is 5.91 Å². The highest BCUT2D eigenvalue weighted by molar-refractivity contribution is 9.10. The Morgan fingerprint density at radius 3 is 2.65 bits per heavy atom. The second-order valence-electron chi connectivity index (χ2n) is 5.45. The molecule has 0 aliphatic carbocycles. The Morgan fingerprint density at radius 2 is 2.00 bits per heavy atom. The molecular formula is C16H23BrClN3O2. The molecule has 2 N–H and O–H groups in total. The van der Waals surface area contributed by atoms with Crippen molar-refractivity contribution in [2.24, 2.45) is 0 Å². The molecule has 7 heteroatoms. The second-order valence-corrected chi connectivity index (χ2v) is 6.37. The number of nitrogens with zero attached hydrogens (tertiary/aromatic N) is 1. The molecule has 1 aromatic carbocycles. The zero-order chi connectivity index (χ0) is 15.9.